The van der Waals surface area contributed by atoms with Crippen LogP contribution in [-0.4, -0.2) is 14.7 Å². The molecule has 4 nitrogen and oxygen atoms in total. The van der Waals surface area contributed by atoms with Gasteiger partial charge in [0.1, 0.15) is 0 Å². The highest BCUT2D eigenvalue weighted by Gasteiger charge is 2.08. The molecule has 1 atom stereocenters. The maximum atomic E-state index is 10.7. The number of hydrogen-bond acceptors (Lipinski definition) is 3. The Bertz CT molecular complexity index is 586. The Balaban J connectivity index is 2.35. The predicted molar refractivity (Wildman–Crippen MR) is 75.1 cm³/mol. The van der Waals surface area contributed by atoms with Crippen LogP contribution in [0.1, 0.15) is 19.0 Å². The largest absolute Gasteiger partial charge is 0.270 e. The van der Waals surface area contributed by atoms with E-state index in [4.69, 9.17) is 0 Å². The number of non-ortho nitro benzene ring substituents is 1. The lowest BCUT2D eigenvalue weighted by molar-refractivity contribution is -0.384. The molecule has 2 aromatic rings. The number of nitro groups is 1. The Morgan fingerprint density at radius 2 is 2.17 bits per heavy atom. The Kier molecular flexibility index (Phi) is 3.91. The van der Waals surface area contributed by atoms with Crippen LogP contribution in [0.5, 0.6) is 0 Å². The van der Waals surface area contributed by atoms with E-state index < -0.39 is 0 Å². The van der Waals surface area contributed by atoms with E-state index in [1.807, 2.05) is 12.1 Å². The molecule has 0 N–H and O–H groups in total. The van der Waals surface area contributed by atoms with Gasteiger partial charge in [0.25, 0.3) is 5.69 Å². The van der Waals surface area contributed by atoms with Gasteiger partial charge in [-0.25, -0.2) is 0 Å². The minimum atomic E-state index is -0.390. The highest BCUT2D eigenvalue weighted by Crippen LogP contribution is 2.21. The number of nitrogens with zero attached hydrogens (tertiary/aromatic N) is 2. The number of fused-ring (bicyclic) bond motifs is 1. The van der Waals surface area contributed by atoms with Gasteiger partial charge in [-0.05, 0) is 18.6 Å². The van der Waals surface area contributed by atoms with E-state index >= 15 is 0 Å². The zero-order chi connectivity index (χ0) is 13.1. The van der Waals surface area contributed by atoms with Crippen molar-refractivity contribution in [2.75, 3.05) is 0 Å². The number of alkyl halides is 1. The molecule has 2 rings (SSSR count). The van der Waals surface area contributed by atoms with Crippen LogP contribution in [0.2, 0.25) is 0 Å². The first-order valence-corrected chi connectivity index (χ1v) is 6.70. The fraction of sp³-hybridized carbons (Fsp3) is 0.308. The van der Waals surface area contributed by atoms with Crippen molar-refractivity contribution in [3.05, 3.63) is 46.1 Å². The molecule has 0 saturated carbocycles. The van der Waals surface area contributed by atoms with Crippen molar-refractivity contribution in [2.45, 2.75) is 24.6 Å². The lowest BCUT2D eigenvalue weighted by atomic mass is 10.1. The van der Waals surface area contributed by atoms with Gasteiger partial charge < -0.3 is 0 Å². The molecule has 1 aromatic carbocycles. The number of nitro benzene ring substituents is 1. The minimum Gasteiger partial charge on any atom is -0.258 e. The Morgan fingerprint density at radius 3 is 2.83 bits per heavy atom. The van der Waals surface area contributed by atoms with E-state index in [1.54, 1.807) is 12.1 Å². The molecule has 0 aliphatic carbocycles. The third kappa shape index (κ3) is 2.85. The topological polar surface area (TPSA) is 56.0 Å². The number of hydrogen-bond donors (Lipinski definition) is 0. The van der Waals surface area contributed by atoms with Crippen LogP contribution in [-0.2, 0) is 6.42 Å². The first-order valence-electron chi connectivity index (χ1n) is 5.78. The zero-order valence-corrected chi connectivity index (χ0v) is 11.6. The molecule has 94 valence electrons. The van der Waals surface area contributed by atoms with E-state index in [0.29, 0.717) is 4.83 Å². The van der Waals surface area contributed by atoms with Crippen molar-refractivity contribution < 1.29 is 4.92 Å². The van der Waals surface area contributed by atoms with Gasteiger partial charge in [0.15, 0.2) is 0 Å². The molecule has 0 saturated heterocycles. The summed E-state index contributed by atoms with van der Waals surface area (Å²) in [6.45, 7) is 2.11. The summed E-state index contributed by atoms with van der Waals surface area (Å²) in [6, 6.07) is 8.56. The van der Waals surface area contributed by atoms with Crippen LogP contribution in [0.15, 0.2) is 30.3 Å². The van der Waals surface area contributed by atoms with Gasteiger partial charge in [0.2, 0.25) is 0 Å². The van der Waals surface area contributed by atoms with Crippen LogP contribution < -0.4 is 0 Å². The van der Waals surface area contributed by atoms with Gasteiger partial charge >= 0.3 is 0 Å². The van der Waals surface area contributed by atoms with Crippen molar-refractivity contribution >= 4 is 32.5 Å². The van der Waals surface area contributed by atoms with Crippen LogP contribution >= 0.6 is 15.9 Å². The quantitative estimate of drug-likeness (QED) is 0.489. The van der Waals surface area contributed by atoms with Crippen LogP contribution in [0.4, 0.5) is 5.69 Å². The molecule has 0 aliphatic rings. The molecule has 5 heteroatoms. The Hall–Kier alpha value is -1.49. The van der Waals surface area contributed by atoms with Crippen molar-refractivity contribution in [3.63, 3.8) is 0 Å². The standard InChI is InChI=1S/C13H13BrN2O2/c1-2-10(14)8-11-4-3-9-7-12(16(17)18)5-6-13(9)15-11/h3-7,10H,2,8H2,1H3. The molecule has 0 bridgehead atoms. The number of rotatable bonds is 4. The molecular weight excluding hydrogens is 296 g/mol. The summed E-state index contributed by atoms with van der Waals surface area (Å²) in [5.41, 5.74) is 1.90. The number of pyridine rings is 1. The second-order valence-corrected chi connectivity index (χ2v) is 5.44. The molecule has 1 heterocycles. The molecule has 0 amide bonds. The fourth-order valence-electron chi connectivity index (χ4n) is 1.75. The van der Waals surface area contributed by atoms with Gasteiger partial charge in [-0.2, -0.15) is 0 Å². The summed E-state index contributed by atoms with van der Waals surface area (Å²) in [5, 5.41) is 11.5. The molecule has 1 unspecified atom stereocenters. The van der Waals surface area contributed by atoms with Gasteiger partial charge in [-0.3, -0.25) is 15.1 Å². The summed E-state index contributed by atoms with van der Waals surface area (Å²) < 4.78 is 0. The average Bonchev–Trinajstić information content (AvgIpc) is 2.37. The van der Waals surface area contributed by atoms with E-state index in [0.717, 1.165) is 29.4 Å². The van der Waals surface area contributed by atoms with Crippen molar-refractivity contribution in [3.8, 4) is 0 Å². The third-order valence-electron chi connectivity index (χ3n) is 2.81. The van der Waals surface area contributed by atoms with Crippen molar-refractivity contribution in [1.29, 1.82) is 0 Å². The summed E-state index contributed by atoms with van der Waals surface area (Å²) in [6.07, 6.45) is 1.91. The SMILES string of the molecule is CCC(Br)Cc1ccc2cc([N+](=O)[O-])ccc2n1. The lowest BCUT2D eigenvalue weighted by Crippen LogP contribution is -2.02. The number of benzene rings is 1. The third-order valence-corrected chi connectivity index (χ3v) is 3.79. The normalized spacial score (nSPS) is 12.6. The highest BCUT2D eigenvalue weighted by atomic mass is 79.9. The molecule has 1 aromatic heterocycles. The van der Waals surface area contributed by atoms with Crippen molar-refractivity contribution in [2.24, 2.45) is 0 Å². The summed E-state index contributed by atoms with van der Waals surface area (Å²) in [7, 11) is 0. The molecule has 0 aliphatic heterocycles. The lowest BCUT2D eigenvalue weighted by Gasteiger charge is -2.06. The molecule has 18 heavy (non-hydrogen) atoms. The second-order valence-electron chi connectivity index (χ2n) is 4.15. The smallest absolute Gasteiger partial charge is 0.258 e. The van der Waals surface area contributed by atoms with Crippen molar-refractivity contribution in [1.82, 2.24) is 4.98 Å². The predicted octanol–water partition coefficient (Wildman–Crippen LogP) is 3.86. The Labute approximate surface area is 113 Å². The van der Waals surface area contributed by atoms with Gasteiger partial charge in [0, 0.05) is 34.5 Å². The second kappa shape index (κ2) is 5.44. The van der Waals surface area contributed by atoms with E-state index in [-0.39, 0.29) is 10.6 Å². The number of aromatic nitrogens is 1. The van der Waals surface area contributed by atoms with Crippen LogP contribution in [0.3, 0.4) is 0 Å². The van der Waals surface area contributed by atoms with Crippen LogP contribution in [0.25, 0.3) is 10.9 Å². The summed E-state index contributed by atoms with van der Waals surface area (Å²) >= 11 is 3.58. The van der Waals surface area contributed by atoms with Gasteiger partial charge in [-0.15, -0.1) is 0 Å². The molecule has 0 spiro atoms. The highest BCUT2D eigenvalue weighted by molar-refractivity contribution is 9.09. The monoisotopic (exact) mass is 308 g/mol. The zero-order valence-electron chi connectivity index (χ0n) is 9.97. The average molecular weight is 309 g/mol. The Morgan fingerprint density at radius 1 is 1.39 bits per heavy atom. The summed E-state index contributed by atoms with van der Waals surface area (Å²) in [5.74, 6) is 0. The van der Waals surface area contributed by atoms with E-state index in [1.165, 1.54) is 6.07 Å². The van der Waals surface area contributed by atoms with Crippen LogP contribution in [0, 0.1) is 10.1 Å². The molecule has 0 radical (unpaired) electrons. The first-order chi connectivity index (χ1) is 8.60. The summed E-state index contributed by atoms with van der Waals surface area (Å²) in [4.78, 5) is 15.2. The maximum Gasteiger partial charge on any atom is 0.270 e. The first kappa shape index (κ1) is 13.0. The maximum absolute atomic E-state index is 10.7. The molecular formula is C13H13BrN2O2. The van der Waals surface area contributed by atoms with Gasteiger partial charge in [-0.1, -0.05) is 28.9 Å². The van der Waals surface area contributed by atoms with E-state index in [9.17, 15) is 10.1 Å². The van der Waals surface area contributed by atoms with Gasteiger partial charge in [0.05, 0.1) is 10.4 Å². The minimum absolute atomic E-state index is 0.101. The number of halogens is 1. The van der Waals surface area contributed by atoms with E-state index in [2.05, 4.69) is 27.8 Å². The fourth-order valence-corrected chi connectivity index (χ4v) is 2.09. The molecule has 0 fully saturated rings.